The minimum Gasteiger partial charge on any atom is -0.396 e. The van der Waals surface area contributed by atoms with Gasteiger partial charge in [-0.25, -0.2) is 4.98 Å². The Morgan fingerprint density at radius 1 is 1.56 bits per heavy atom. The summed E-state index contributed by atoms with van der Waals surface area (Å²) in [6.45, 7) is 3.28. The second-order valence-corrected chi connectivity index (χ2v) is 5.25. The number of nitrogens with one attached hydrogen (secondary N) is 1. The first-order chi connectivity index (χ1) is 7.63. The normalized spacial score (nSPS) is 12.8. The summed E-state index contributed by atoms with van der Waals surface area (Å²) in [6.07, 6.45) is 3.79. The van der Waals surface area contributed by atoms with Crippen LogP contribution >= 0.6 is 11.3 Å². The molecule has 1 rings (SSSR count). The Labute approximate surface area is 101 Å². The zero-order chi connectivity index (χ0) is 12.0. The van der Waals surface area contributed by atoms with Crippen molar-refractivity contribution in [3.63, 3.8) is 0 Å². The molecular formula is C11H21N3OS. The lowest BCUT2D eigenvalue weighted by molar-refractivity contribution is 0.276. The van der Waals surface area contributed by atoms with Gasteiger partial charge >= 0.3 is 0 Å². The van der Waals surface area contributed by atoms with Crippen molar-refractivity contribution in [2.75, 3.05) is 25.6 Å². The van der Waals surface area contributed by atoms with Crippen LogP contribution in [-0.4, -0.2) is 36.8 Å². The monoisotopic (exact) mass is 243 g/mol. The summed E-state index contributed by atoms with van der Waals surface area (Å²) in [5.74, 6) is 0. The topological polar surface area (TPSA) is 48.4 Å². The van der Waals surface area contributed by atoms with E-state index in [1.54, 1.807) is 11.3 Å². The van der Waals surface area contributed by atoms with Crippen molar-refractivity contribution in [2.45, 2.75) is 32.4 Å². The molecule has 92 valence electrons. The van der Waals surface area contributed by atoms with Crippen LogP contribution in [0, 0.1) is 0 Å². The summed E-state index contributed by atoms with van der Waals surface area (Å²) in [7, 11) is 4.00. The molecule has 16 heavy (non-hydrogen) atoms. The molecule has 0 bridgehead atoms. The third-order valence-corrected chi connectivity index (χ3v) is 3.51. The number of anilines is 1. The van der Waals surface area contributed by atoms with Gasteiger partial charge < -0.3 is 15.3 Å². The molecule has 1 aromatic rings. The molecule has 4 nitrogen and oxygen atoms in total. The van der Waals surface area contributed by atoms with E-state index in [4.69, 9.17) is 5.11 Å². The average molecular weight is 243 g/mol. The van der Waals surface area contributed by atoms with Gasteiger partial charge in [-0.1, -0.05) is 0 Å². The maximum Gasteiger partial charge on any atom is 0.185 e. The second-order valence-electron chi connectivity index (χ2n) is 4.15. The lowest BCUT2D eigenvalue weighted by Crippen LogP contribution is -2.25. The highest BCUT2D eigenvalue weighted by atomic mass is 32.1. The standard InChI is InChI=1S/C11H21N3OS/c1-9(5-4-6-15)12-7-10-8-13-11(16-10)14(2)3/h8-9,12,15H,4-7H2,1-3H3. The first-order valence-corrected chi connectivity index (χ1v) is 6.41. The van der Waals surface area contributed by atoms with E-state index < -0.39 is 0 Å². The highest BCUT2D eigenvalue weighted by molar-refractivity contribution is 7.15. The maximum absolute atomic E-state index is 8.72. The van der Waals surface area contributed by atoms with Crippen molar-refractivity contribution in [1.82, 2.24) is 10.3 Å². The van der Waals surface area contributed by atoms with Gasteiger partial charge in [-0.05, 0) is 19.8 Å². The predicted molar refractivity (Wildman–Crippen MR) is 69.1 cm³/mol. The summed E-state index contributed by atoms with van der Waals surface area (Å²) in [4.78, 5) is 7.59. The number of aromatic nitrogens is 1. The van der Waals surface area contributed by atoms with Gasteiger partial charge in [0.25, 0.3) is 0 Å². The van der Waals surface area contributed by atoms with E-state index >= 15 is 0 Å². The Bertz CT molecular complexity index is 301. The molecule has 1 atom stereocenters. The van der Waals surface area contributed by atoms with Crippen molar-refractivity contribution < 1.29 is 5.11 Å². The third kappa shape index (κ3) is 4.47. The molecule has 0 aliphatic carbocycles. The maximum atomic E-state index is 8.72. The molecule has 0 radical (unpaired) electrons. The van der Waals surface area contributed by atoms with E-state index in [2.05, 4.69) is 17.2 Å². The first-order valence-electron chi connectivity index (χ1n) is 5.59. The largest absolute Gasteiger partial charge is 0.396 e. The number of rotatable bonds is 7. The zero-order valence-electron chi connectivity index (χ0n) is 10.2. The van der Waals surface area contributed by atoms with Crippen molar-refractivity contribution in [2.24, 2.45) is 0 Å². The van der Waals surface area contributed by atoms with Crippen LogP contribution in [0.25, 0.3) is 0 Å². The summed E-state index contributed by atoms with van der Waals surface area (Å²) in [6, 6.07) is 0.442. The van der Waals surface area contributed by atoms with Crippen molar-refractivity contribution in [3.8, 4) is 0 Å². The fraction of sp³-hybridized carbons (Fsp3) is 0.727. The molecule has 1 heterocycles. The van der Waals surface area contributed by atoms with Crippen molar-refractivity contribution in [3.05, 3.63) is 11.1 Å². The lowest BCUT2D eigenvalue weighted by Gasteiger charge is -2.11. The molecule has 0 amide bonds. The number of hydrogen-bond acceptors (Lipinski definition) is 5. The molecule has 0 aliphatic heterocycles. The SMILES string of the molecule is CC(CCCO)NCc1cnc(N(C)C)s1. The van der Waals surface area contributed by atoms with E-state index in [0.717, 1.165) is 24.5 Å². The molecule has 1 aromatic heterocycles. The summed E-state index contributed by atoms with van der Waals surface area (Å²) in [5.41, 5.74) is 0. The summed E-state index contributed by atoms with van der Waals surface area (Å²) >= 11 is 1.71. The number of thiazole rings is 1. The van der Waals surface area contributed by atoms with Gasteiger partial charge in [-0.15, -0.1) is 11.3 Å². The summed E-state index contributed by atoms with van der Waals surface area (Å²) < 4.78 is 0. The summed E-state index contributed by atoms with van der Waals surface area (Å²) in [5, 5.41) is 13.2. The Hall–Kier alpha value is -0.650. The predicted octanol–water partition coefficient (Wildman–Crippen LogP) is 1.46. The van der Waals surface area contributed by atoms with Crippen molar-refractivity contribution in [1.29, 1.82) is 0 Å². The molecule has 0 saturated carbocycles. The highest BCUT2D eigenvalue weighted by Crippen LogP contribution is 2.20. The van der Waals surface area contributed by atoms with Crippen LogP contribution in [0.5, 0.6) is 0 Å². The van der Waals surface area contributed by atoms with Gasteiger partial charge in [-0.2, -0.15) is 0 Å². The van der Waals surface area contributed by atoms with Gasteiger partial charge in [-0.3, -0.25) is 0 Å². The van der Waals surface area contributed by atoms with Crippen LogP contribution in [0.4, 0.5) is 5.13 Å². The number of nitrogens with zero attached hydrogens (tertiary/aromatic N) is 2. The van der Waals surface area contributed by atoms with Crippen LogP contribution in [-0.2, 0) is 6.54 Å². The Morgan fingerprint density at radius 3 is 2.88 bits per heavy atom. The van der Waals surface area contributed by atoms with E-state index in [9.17, 15) is 0 Å². The minimum atomic E-state index is 0.275. The lowest BCUT2D eigenvalue weighted by atomic mass is 10.2. The average Bonchev–Trinajstić information content (AvgIpc) is 2.72. The van der Waals surface area contributed by atoms with Gasteiger partial charge in [0.15, 0.2) is 5.13 Å². The number of aliphatic hydroxyl groups is 1. The van der Waals surface area contributed by atoms with Crippen LogP contribution in [0.1, 0.15) is 24.6 Å². The fourth-order valence-corrected chi connectivity index (χ4v) is 2.14. The quantitative estimate of drug-likeness (QED) is 0.761. The van der Waals surface area contributed by atoms with Crippen LogP contribution < -0.4 is 10.2 Å². The Balaban J connectivity index is 2.31. The van der Waals surface area contributed by atoms with Gasteiger partial charge in [0, 0.05) is 44.4 Å². The molecule has 1 unspecified atom stereocenters. The molecule has 0 saturated heterocycles. The molecular weight excluding hydrogens is 222 g/mol. The highest BCUT2D eigenvalue weighted by Gasteiger charge is 2.05. The molecule has 0 aromatic carbocycles. The van der Waals surface area contributed by atoms with E-state index in [0.29, 0.717) is 6.04 Å². The van der Waals surface area contributed by atoms with Crippen LogP contribution in [0.3, 0.4) is 0 Å². The number of hydrogen-bond donors (Lipinski definition) is 2. The molecule has 5 heteroatoms. The molecule has 0 aliphatic rings. The van der Waals surface area contributed by atoms with Crippen LogP contribution in [0.15, 0.2) is 6.20 Å². The van der Waals surface area contributed by atoms with Gasteiger partial charge in [0.1, 0.15) is 0 Å². The molecule has 0 spiro atoms. The van der Waals surface area contributed by atoms with Gasteiger partial charge in [0.05, 0.1) is 0 Å². The Morgan fingerprint density at radius 2 is 2.31 bits per heavy atom. The smallest absolute Gasteiger partial charge is 0.185 e. The second kappa shape index (κ2) is 6.83. The first kappa shape index (κ1) is 13.4. The molecule has 0 fully saturated rings. The third-order valence-electron chi connectivity index (χ3n) is 2.34. The zero-order valence-corrected chi connectivity index (χ0v) is 11.0. The van der Waals surface area contributed by atoms with E-state index in [1.807, 2.05) is 25.2 Å². The molecule has 2 N–H and O–H groups in total. The van der Waals surface area contributed by atoms with E-state index in [-0.39, 0.29) is 6.61 Å². The Kier molecular flexibility index (Phi) is 5.73. The van der Waals surface area contributed by atoms with Crippen LogP contribution in [0.2, 0.25) is 0 Å². The van der Waals surface area contributed by atoms with E-state index in [1.165, 1.54) is 4.88 Å². The number of aliphatic hydroxyl groups excluding tert-OH is 1. The van der Waals surface area contributed by atoms with Gasteiger partial charge in [0.2, 0.25) is 0 Å². The fourth-order valence-electron chi connectivity index (χ4n) is 1.36. The minimum absolute atomic E-state index is 0.275. The van der Waals surface area contributed by atoms with Crippen molar-refractivity contribution >= 4 is 16.5 Å².